The van der Waals surface area contributed by atoms with Crippen molar-refractivity contribution in [3.8, 4) is 5.75 Å². The monoisotopic (exact) mass is 362 g/mol. The van der Waals surface area contributed by atoms with E-state index in [1.54, 1.807) is 61.5 Å². The Morgan fingerprint density at radius 2 is 2.00 bits per heavy atom. The van der Waals surface area contributed by atoms with Gasteiger partial charge in [-0.3, -0.25) is 9.59 Å². The molecule has 0 aromatic heterocycles. The number of halogens is 1. The van der Waals surface area contributed by atoms with E-state index in [9.17, 15) is 9.59 Å². The summed E-state index contributed by atoms with van der Waals surface area (Å²) in [6.07, 6.45) is 0. The van der Waals surface area contributed by atoms with E-state index in [4.69, 9.17) is 21.4 Å². The summed E-state index contributed by atoms with van der Waals surface area (Å²) in [5, 5.41) is 12.0. The van der Waals surface area contributed by atoms with Gasteiger partial charge in [0.1, 0.15) is 12.3 Å². The van der Waals surface area contributed by atoms with Crippen molar-refractivity contribution in [1.29, 1.82) is 0 Å². The lowest BCUT2D eigenvalue weighted by atomic mass is 10.1. The molecule has 25 heavy (non-hydrogen) atoms. The number of carboxylic acid groups (broad SMARTS) is 1. The molecule has 0 aliphatic carbocycles. The highest BCUT2D eigenvalue weighted by atomic mass is 35.5. The molecule has 6 nitrogen and oxygen atoms in total. The molecule has 2 N–H and O–H groups in total. The number of carbonyl (C=O) groups is 2. The van der Waals surface area contributed by atoms with E-state index >= 15 is 0 Å². The van der Waals surface area contributed by atoms with Crippen LogP contribution in [-0.2, 0) is 11.3 Å². The summed E-state index contributed by atoms with van der Waals surface area (Å²) in [6, 6.07) is 12.0. The molecule has 0 atom stereocenters. The fourth-order valence-electron chi connectivity index (χ4n) is 2.36. The zero-order valence-electron chi connectivity index (χ0n) is 14.0. The molecule has 1 amide bonds. The lowest BCUT2D eigenvalue weighted by Gasteiger charge is -2.19. The van der Waals surface area contributed by atoms with Gasteiger partial charge in [0.15, 0.2) is 0 Å². The van der Waals surface area contributed by atoms with Crippen molar-refractivity contribution in [2.24, 2.45) is 0 Å². The number of hydrogen-bond donors (Lipinski definition) is 2. The summed E-state index contributed by atoms with van der Waals surface area (Å²) in [6.45, 7) is 0.114. The normalized spacial score (nSPS) is 10.2. The Morgan fingerprint density at radius 3 is 2.68 bits per heavy atom. The predicted molar refractivity (Wildman–Crippen MR) is 96.4 cm³/mol. The van der Waals surface area contributed by atoms with Crippen LogP contribution in [0.5, 0.6) is 5.75 Å². The van der Waals surface area contributed by atoms with Gasteiger partial charge in [-0.05, 0) is 36.4 Å². The second kappa shape index (κ2) is 8.39. The first-order valence-corrected chi connectivity index (χ1v) is 7.92. The molecule has 2 aromatic rings. The van der Waals surface area contributed by atoms with Crippen LogP contribution >= 0.6 is 11.6 Å². The second-order valence-electron chi connectivity index (χ2n) is 5.45. The third-order valence-electron chi connectivity index (χ3n) is 3.55. The lowest BCUT2D eigenvalue weighted by molar-refractivity contribution is -0.134. The van der Waals surface area contributed by atoms with E-state index in [-0.39, 0.29) is 12.5 Å². The quantitative estimate of drug-likeness (QED) is 0.791. The molecule has 0 bridgehead atoms. The number of ether oxygens (including phenoxy) is 1. The minimum Gasteiger partial charge on any atom is -0.496 e. The van der Waals surface area contributed by atoms with Crippen LogP contribution in [0.3, 0.4) is 0 Å². The third kappa shape index (κ3) is 5.12. The zero-order valence-corrected chi connectivity index (χ0v) is 14.7. The van der Waals surface area contributed by atoms with E-state index in [1.165, 1.54) is 0 Å². The summed E-state index contributed by atoms with van der Waals surface area (Å²) in [4.78, 5) is 24.8. The Balaban J connectivity index is 2.13. The molecule has 0 saturated heterocycles. The first kappa shape index (κ1) is 18.6. The molecule has 0 saturated carbocycles. The van der Waals surface area contributed by atoms with E-state index < -0.39 is 5.97 Å². The number of aliphatic carboxylic acids is 1. The number of carboxylic acids is 1. The van der Waals surface area contributed by atoms with E-state index in [0.29, 0.717) is 28.6 Å². The summed E-state index contributed by atoms with van der Waals surface area (Å²) in [7, 11) is 3.24. The number of methoxy groups -OCH3 is 1. The number of benzene rings is 2. The largest absolute Gasteiger partial charge is 0.496 e. The first-order valence-electron chi connectivity index (χ1n) is 7.54. The molecule has 0 radical (unpaired) electrons. The Morgan fingerprint density at radius 1 is 1.24 bits per heavy atom. The van der Waals surface area contributed by atoms with Crippen molar-refractivity contribution in [3.63, 3.8) is 0 Å². The van der Waals surface area contributed by atoms with Gasteiger partial charge in [-0.1, -0.05) is 17.7 Å². The Kier molecular flexibility index (Phi) is 6.25. The minimum absolute atomic E-state index is 0.194. The standard InChI is InChI=1S/C18H19ClN2O4/c1-21(11-13-8-14(19)6-7-16(13)25-2)18(24)12-4-3-5-15(9-12)20-10-17(22)23/h3-9,20H,10-11H2,1-2H3,(H,22,23). The summed E-state index contributed by atoms with van der Waals surface area (Å²) in [5.74, 6) is -0.510. The molecular formula is C18H19ClN2O4. The number of anilines is 1. The molecule has 0 aliphatic heterocycles. The topological polar surface area (TPSA) is 78.9 Å². The molecule has 132 valence electrons. The van der Waals surface area contributed by atoms with Gasteiger partial charge in [0.2, 0.25) is 0 Å². The average molecular weight is 363 g/mol. The highest BCUT2D eigenvalue weighted by Crippen LogP contribution is 2.24. The van der Waals surface area contributed by atoms with Crippen LogP contribution < -0.4 is 10.1 Å². The molecule has 2 aromatic carbocycles. The van der Waals surface area contributed by atoms with E-state index in [2.05, 4.69) is 5.32 Å². The fourth-order valence-corrected chi connectivity index (χ4v) is 2.55. The van der Waals surface area contributed by atoms with Gasteiger partial charge in [-0.25, -0.2) is 0 Å². The van der Waals surface area contributed by atoms with Crippen LogP contribution in [0.1, 0.15) is 15.9 Å². The van der Waals surface area contributed by atoms with Gasteiger partial charge < -0.3 is 20.1 Å². The predicted octanol–water partition coefficient (Wildman–Crippen LogP) is 3.12. The Hall–Kier alpha value is -2.73. The third-order valence-corrected chi connectivity index (χ3v) is 3.79. The molecule has 0 unspecified atom stereocenters. The van der Waals surface area contributed by atoms with Crippen LogP contribution in [0.15, 0.2) is 42.5 Å². The first-order chi connectivity index (χ1) is 11.9. The summed E-state index contributed by atoms with van der Waals surface area (Å²) in [5.41, 5.74) is 1.83. The number of nitrogens with one attached hydrogen (secondary N) is 1. The maximum atomic E-state index is 12.6. The molecule has 0 aliphatic rings. The Labute approximate surface area is 151 Å². The van der Waals surface area contributed by atoms with E-state index in [1.807, 2.05) is 0 Å². The number of carbonyl (C=O) groups excluding carboxylic acids is 1. The summed E-state index contributed by atoms with van der Waals surface area (Å²) >= 11 is 6.02. The van der Waals surface area contributed by atoms with Gasteiger partial charge in [-0.15, -0.1) is 0 Å². The average Bonchev–Trinajstić information content (AvgIpc) is 2.59. The van der Waals surface area contributed by atoms with Crippen LogP contribution in [-0.4, -0.2) is 42.6 Å². The molecule has 0 spiro atoms. The molecule has 2 rings (SSSR count). The van der Waals surface area contributed by atoms with Crippen LogP contribution in [0.2, 0.25) is 5.02 Å². The van der Waals surface area contributed by atoms with E-state index in [0.717, 1.165) is 5.56 Å². The molecular weight excluding hydrogens is 344 g/mol. The van der Waals surface area contributed by atoms with Crippen molar-refractivity contribution >= 4 is 29.2 Å². The van der Waals surface area contributed by atoms with Crippen molar-refractivity contribution in [2.45, 2.75) is 6.54 Å². The summed E-state index contributed by atoms with van der Waals surface area (Å²) < 4.78 is 5.30. The van der Waals surface area contributed by atoms with Gasteiger partial charge >= 0.3 is 5.97 Å². The molecule has 0 fully saturated rings. The van der Waals surface area contributed by atoms with Crippen LogP contribution in [0.25, 0.3) is 0 Å². The second-order valence-corrected chi connectivity index (χ2v) is 5.88. The van der Waals surface area contributed by atoms with Gasteiger partial charge in [0.05, 0.1) is 7.11 Å². The zero-order chi connectivity index (χ0) is 18.4. The number of amides is 1. The number of hydrogen-bond acceptors (Lipinski definition) is 4. The van der Waals surface area contributed by atoms with Gasteiger partial charge in [0, 0.05) is 35.4 Å². The SMILES string of the molecule is COc1ccc(Cl)cc1CN(C)C(=O)c1cccc(NCC(=O)O)c1. The number of nitrogens with zero attached hydrogens (tertiary/aromatic N) is 1. The smallest absolute Gasteiger partial charge is 0.322 e. The maximum Gasteiger partial charge on any atom is 0.322 e. The minimum atomic E-state index is -0.970. The van der Waals surface area contributed by atoms with Crippen molar-refractivity contribution in [3.05, 3.63) is 58.6 Å². The van der Waals surface area contributed by atoms with Crippen LogP contribution in [0, 0.1) is 0 Å². The van der Waals surface area contributed by atoms with Gasteiger partial charge in [0.25, 0.3) is 5.91 Å². The number of rotatable bonds is 7. The van der Waals surface area contributed by atoms with Crippen molar-refractivity contribution in [1.82, 2.24) is 4.90 Å². The van der Waals surface area contributed by atoms with Crippen LogP contribution in [0.4, 0.5) is 5.69 Å². The van der Waals surface area contributed by atoms with Crippen molar-refractivity contribution < 1.29 is 19.4 Å². The van der Waals surface area contributed by atoms with Gasteiger partial charge in [-0.2, -0.15) is 0 Å². The Bertz CT molecular complexity index is 779. The lowest BCUT2D eigenvalue weighted by Crippen LogP contribution is -2.26. The fraction of sp³-hybridized carbons (Fsp3) is 0.222. The highest BCUT2D eigenvalue weighted by molar-refractivity contribution is 6.30. The molecule has 0 heterocycles. The van der Waals surface area contributed by atoms with Crippen molar-refractivity contribution in [2.75, 3.05) is 26.0 Å². The molecule has 7 heteroatoms. The highest BCUT2D eigenvalue weighted by Gasteiger charge is 2.15. The maximum absolute atomic E-state index is 12.6.